The minimum absolute atomic E-state index is 0.196. The Morgan fingerprint density at radius 1 is 1.11 bits per heavy atom. The summed E-state index contributed by atoms with van der Waals surface area (Å²) in [5.74, 6) is -0.196. The fourth-order valence-corrected chi connectivity index (χ4v) is 2.68. The lowest BCUT2D eigenvalue weighted by atomic mass is 10.1. The summed E-state index contributed by atoms with van der Waals surface area (Å²) in [4.78, 5) is 2.37. The lowest BCUT2D eigenvalue weighted by molar-refractivity contribution is 0.276. The highest BCUT2D eigenvalue weighted by Crippen LogP contribution is 2.26. The SMILES string of the molecule is CNc1cc(F)ccc1CN1Cc2ccccc2C1. The van der Waals surface area contributed by atoms with Crippen LogP contribution in [0.4, 0.5) is 10.1 Å². The summed E-state index contributed by atoms with van der Waals surface area (Å²) in [7, 11) is 1.83. The van der Waals surface area contributed by atoms with E-state index in [1.807, 2.05) is 13.1 Å². The fourth-order valence-electron chi connectivity index (χ4n) is 2.68. The third kappa shape index (κ3) is 2.47. The molecule has 0 fully saturated rings. The van der Waals surface area contributed by atoms with Gasteiger partial charge in [0, 0.05) is 32.4 Å². The molecule has 2 nitrogen and oxygen atoms in total. The Bertz CT molecular complexity index is 570. The molecule has 2 aromatic carbocycles. The number of hydrogen-bond donors (Lipinski definition) is 1. The van der Waals surface area contributed by atoms with Gasteiger partial charge in [0.15, 0.2) is 0 Å². The number of hydrogen-bond acceptors (Lipinski definition) is 2. The average Bonchev–Trinajstić information content (AvgIpc) is 2.83. The highest BCUT2D eigenvalue weighted by Gasteiger charge is 2.19. The van der Waals surface area contributed by atoms with E-state index in [4.69, 9.17) is 0 Å². The van der Waals surface area contributed by atoms with E-state index in [-0.39, 0.29) is 5.82 Å². The van der Waals surface area contributed by atoms with Gasteiger partial charge in [0.1, 0.15) is 5.82 Å². The van der Waals surface area contributed by atoms with E-state index < -0.39 is 0 Å². The van der Waals surface area contributed by atoms with Crippen LogP contribution in [0.2, 0.25) is 0 Å². The number of nitrogens with one attached hydrogen (secondary N) is 1. The first-order valence-corrected chi connectivity index (χ1v) is 6.51. The summed E-state index contributed by atoms with van der Waals surface area (Å²) < 4.78 is 13.2. The van der Waals surface area contributed by atoms with Crippen LogP contribution < -0.4 is 5.32 Å². The van der Waals surface area contributed by atoms with Crippen LogP contribution in [0.15, 0.2) is 42.5 Å². The highest BCUT2D eigenvalue weighted by molar-refractivity contribution is 5.51. The molecule has 19 heavy (non-hydrogen) atoms. The number of benzene rings is 2. The van der Waals surface area contributed by atoms with Crippen LogP contribution >= 0.6 is 0 Å². The van der Waals surface area contributed by atoms with Gasteiger partial charge in [-0.2, -0.15) is 0 Å². The van der Waals surface area contributed by atoms with Crippen molar-refractivity contribution < 1.29 is 4.39 Å². The molecular weight excluding hydrogens is 239 g/mol. The Morgan fingerprint density at radius 3 is 2.42 bits per heavy atom. The third-order valence-electron chi connectivity index (χ3n) is 3.64. The summed E-state index contributed by atoms with van der Waals surface area (Å²) in [6.07, 6.45) is 0. The molecular formula is C16H17FN2. The van der Waals surface area contributed by atoms with Gasteiger partial charge in [0.05, 0.1) is 0 Å². The molecule has 98 valence electrons. The van der Waals surface area contributed by atoms with Crippen molar-refractivity contribution in [3.8, 4) is 0 Å². The lowest BCUT2D eigenvalue weighted by Gasteiger charge is -2.17. The van der Waals surface area contributed by atoms with Gasteiger partial charge in [-0.25, -0.2) is 4.39 Å². The maximum atomic E-state index is 13.2. The number of nitrogens with zero attached hydrogens (tertiary/aromatic N) is 1. The van der Waals surface area contributed by atoms with Gasteiger partial charge < -0.3 is 5.32 Å². The molecule has 3 rings (SSSR count). The second-order valence-corrected chi connectivity index (χ2v) is 4.97. The topological polar surface area (TPSA) is 15.3 Å². The Morgan fingerprint density at radius 2 is 1.79 bits per heavy atom. The van der Waals surface area contributed by atoms with Crippen molar-refractivity contribution in [1.82, 2.24) is 4.90 Å². The molecule has 0 aromatic heterocycles. The standard InChI is InChI=1S/C16H17FN2/c1-18-16-8-15(17)7-6-14(16)11-19-9-12-4-2-3-5-13(12)10-19/h2-8,18H,9-11H2,1H3. The normalized spacial score (nSPS) is 14.4. The van der Waals surface area contributed by atoms with Crippen molar-refractivity contribution >= 4 is 5.69 Å². The minimum Gasteiger partial charge on any atom is -0.388 e. The summed E-state index contributed by atoms with van der Waals surface area (Å²) in [6, 6.07) is 13.5. The minimum atomic E-state index is -0.196. The van der Waals surface area contributed by atoms with E-state index in [0.717, 1.165) is 30.9 Å². The first-order chi connectivity index (χ1) is 9.26. The average molecular weight is 256 g/mol. The van der Waals surface area contributed by atoms with Gasteiger partial charge in [0.25, 0.3) is 0 Å². The smallest absolute Gasteiger partial charge is 0.125 e. The summed E-state index contributed by atoms with van der Waals surface area (Å²) >= 11 is 0. The molecule has 1 heterocycles. The molecule has 0 saturated heterocycles. The zero-order valence-electron chi connectivity index (χ0n) is 11.0. The Labute approximate surface area is 112 Å². The van der Waals surface area contributed by atoms with Crippen molar-refractivity contribution in [1.29, 1.82) is 0 Å². The molecule has 0 unspecified atom stereocenters. The van der Waals surface area contributed by atoms with E-state index in [0.29, 0.717) is 0 Å². The molecule has 1 N–H and O–H groups in total. The zero-order valence-corrected chi connectivity index (χ0v) is 11.0. The van der Waals surface area contributed by atoms with Gasteiger partial charge in [-0.15, -0.1) is 0 Å². The Kier molecular flexibility index (Phi) is 3.22. The molecule has 1 aliphatic heterocycles. The molecule has 0 saturated carbocycles. The van der Waals surface area contributed by atoms with Crippen molar-refractivity contribution in [2.24, 2.45) is 0 Å². The Balaban J connectivity index is 1.77. The van der Waals surface area contributed by atoms with E-state index in [2.05, 4.69) is 34.5 Å². The fraction of sp³-hybridized carbons (Fsp3) is 0.250. The van der Waals surface area contributed by atoms with E-state index in [9.17, 15) is 4.39 Å². The highest BCUT2D eigenvalue weighted by atomic mass is 19.1. The van der Waals surface area contributed by atoms with E-state index >= 15 is 0 Å². The quantitative estimate of drug-likeness (QED) is 0.905. The zero-order chi connectivity index (χ0) is 13.2. The van der Waals surface area contributed by atoms with E-state index in [1.165, 1.54) is 17.2 Å². The summed E-state index contributed by atoms with van der Waals surface area (Å²) in [6.45, 7) is 2.78. The van der Waals surface area contributed by atoms with Gasteiger partial charge >= 0.3 is 0 Å². The van der Waals surface area contributed by atoms with Crippen LogP contribution in [0.1, 0.15) is 16.7 Å². The summed E-state index contributed by atoms with van der Waals surface area (Å²) in [5, 5.41) is 3.06. The first-order valence-electron chi connectivity index (χ1n) is 6.51. The predicted octanol–water partition coefficient (Wildman–Crippen LogP) is 3.38. The second kappa shape index (κ2) is 5.02. The number of anilines is 1. The van der Waals surface area contributed by atoms with Crippen LogP contribution in [-0.4, -0.2) is 11.9 Å². The molecule has 0 atom stereocenters. The Hall–Kier alpha value is -1.87. The second-order valence-electron chi connectivity index (χ2n) is 4.97. The van der Waals surface area contributed by atoms with Crippen LogP contribution in [0, 0.1) is 5.82 Å². The molecule has 0 amide bonds. The van der Waals surface area contributed by atoms with Gasteiger partial charge in [0.2, 0.25) is 0 Å². The van der Waals surface area contributed by atoms with Crippen molar-refractivity contribution in [2.45, 2.75) is 19.6 Å². The molecule has 3 heteroatoms. The van der Waals surface area contributed by atoms with Crippen molar-refractivity contribution in [3.63, 3.8) is 0 Å². The largest absolute Gasteiger partial charge is 0.388 e. The van der Waals surface area contributed by atoms with Crippen LogP contribution in [0.3, 0.4) is 0 Å². The van der Waals surface area contributed by atoms with Crippen molar-refractivity contribution in [2.75, 3.05) is 12.4 Å². The number of halogens is 1. The van der Waals surface area contributed by atoms with Gasteiger partial charge in [-0.1, -0.05) is 30.3 Å². The molecule has 1 aliphatic rings. The molecule has 0 aliphatic carbocycles. The maximum absolute atomic E-state index is 13.2. The number of fused-ring (bicyclic) bond motifs is 1. The molecule has 0 spiro atoms. The maximum Gasteiger partial charge on any atom is 0.125 e. The monoisotopic (exact) mass is 256 g/mol. The van der Waals surface area contributed by atoms with Crippen LogP contribution in [-0.2, 0) is 19.6 Å². The molecule has 0 bridgehead atoms. The lowest BCUT2D eigenvalue weighted by Crippen LogP contribution is -2.16. The summed E-state index contributed by atoms with van der Waals surface area (Å²) in [5.41, 5.74) is 4.80. The van der Waals surface area contributed by atoms with Gasteiger partial charge in [-0.3, -0.25) is 4.90 Å². The molecule has 2 aromatic rings. The first kappa shape index (κ1) is 12.2. The van der Waals surface area contributed by atoms with Crippen molar-refractivity contribution in [3.05, 3.63) is 65.0 Å². The van der Waals surface area contributed by atoms with E-state index in [1.54, 1.807) is 6.07 Å². The van der Waals surface area contributed by atoms with Crippen LogP contribution in [0.5, 0.6) is 0 Å². The number of rotatable bonds is 3. The van der Waals surface area contributed by atoms with Gasteiger partial charge in [-0.05, 0) is 28.8 Å². The predicted molar refractivity (Wildman–Crippen MR) is 75.3 cm³/mol. The third-order valence-corrected chi connectivity index (χ3v) is 3.64. The van der Waals surface area contributed by atoms with Crippen LogP contribution in [0.25, 0.3) is 0 Å². The molecule has 0 radical (unpaired) electrons.